The van der Waals surface area contributed by atoms with Gasteiger partial charge in [0.05, 0.1) is 0 Å². The van der Waals surface area contributed by atoms with Gasteiger partial charge in [0.15, 0.2) is 0 Å². The van der Waals surface area contributed by atoms with Gasteiger partial charge in [-0.15, -0.1) is 0 Å². The maximum atomic E-state index is 4.32. The fourth-order valence-electron chi connectivity index (χ4n) is 3.00. The average molecular weight is 374 g/mol. The Hall–Kier alpha value is -0.430. The van der Waals surface area contributed by atoms with E-state index in [9.17, 15) is 0 Å². The number of likely N-dealkylation sites (N-methyl/N-ethyl adjacent to an activating group) is 1. The van der Waals surface area contributed by atoms with E-state index in [0.717, 1.165) is 22.0 Å². The molecule has 0 bridgehead atoms. The van der Waals surface area contributed by atoms with Crippen molar-refractivity contribution in [3.05, 3.63) is 16.0 Å². The Morgan fingerprint density at radius 3 is 2.68 bits per heavy atom. The zero-order valence-corrected chi connectivity index (χ0v) is 14.1. The third-order valence-electron chi connectivity index (χ3n) is 4.21. The van der Waals surface area contributed by atoms with E-state index in [4.69, 9.17) is 0 Å². The van der Waals surface area contributed by atoms with Crippen molar-refractivity contribution in [1.29, 1.82) is 0 Å². The van der Waals surface area contributed by atoms with Gasteiger partial charge in [-0.1, -0.05) is 19.8 Å². The van der Waals surface area contributed by atoms with Crippen LogP contribution in [0.25, 0.3) is 0 Å². The van der Waals surface area contributed by atoms with Crippen LogP contribution in [0.5, 0.6) is 0 Å². The van der Waals surface area contributed by atoms with E-state index >= 15 is 0 Å². The molecule has 0 saturated heterocycles. The molecule has 1 fully saturated rings. The smallest absolute Gasteiger partial charge is 0.222 e. The number of anilines is 1. The van der Waals surface area contributed by atoms with Gasteiger partial charge in [-0.25, -0.2) is 9.97 Å². The van der Waals surface area contributed by atoms with Crippen molar-refractivity contribution in [3.63, 3.8) is 0 Å². The number of hydrogen-bond acceptors (Lipinski definition) is 4. The van der Waals surface area contributed by atoms with Crippen molar-refractivity contribution in [2.75, 3.05) is 26.0 Å². The van der Waals surface area contributed by atoms with Crippen LogP contribution in [0.4, 0.5) is 5.95 Å². The van der Waals surface area contributed by atoms with Crippen LogP contribution in [-0.2, 0) is 0 Å². The molecule has 5 heteroatoms. The highest BCUT2D eigenvalue weighted by Crippen LogP contribution is 2.35. The lowest BCUT2D eigenvalue weighted by molar-refractivity contribution is 0.0881. The maximum Gasteiger partial charge on any atom is 0.222 e. The third kappa shape index (κ3) is 3.78. The second-order valence-electron chi connectivity index (χ2n) is 5.90. The molecule has 1 heterocycles. The van der Waals surface area contributed by atoms with Crippen LogP contribution in [0.1, 0.15) is 32.6 Å². The fraction of sp³-hybridized carbons (Fsp3) is 0.714. The molecule has 1 aromatic heterocycles. The Morgan fingerprint density at radius 1 is 1.42 bits per heavy atom. The van der Waals surface area contributed by atoms with Crippen molar-refractivity contribution in [2.24, 2.45) is 5.92 Å². The molecule has 0 spiro atoms. The standard InChI is InChI=1S/C14H23IN4/c1-11-5-4-6-14(7-11,19(2)3)10-18-13-16-8-12(15)9-17-13/h8-9,11H,4-7,10H2,1-3H3,(H,16,17,18). The molecule has 106 valence electrons. The molecule has 1 aliphatic rings. The van der Waals surface area contributed by atoms with Gasteiger partial charge in [-0.2, -0.15) is 0 Å². The summed E-state index contributed by atoms with van der Waals surface area (Å²) in [6, 6.07) is 0. The largest absolute Gasteiger partial charge is 0.352 e. The Balaban J connectivity index is 2.03. The SMILES string of the molecule is CC1CCCC(CNc2ncc(I)cn2)(N(C)C)C1. The van der Waals surface area contributed by atoms with Crippen molar-refractivity contribution < 1.29 is 0 Å². The molecule has 0 aromatic carbocycles. The molecule has 1 saturated carbocycles. The first-order valence-electron chi connectivity index (χ1n) is 6.91. The summed E-state index contributed by atoms with van der Waals surface area (Å²) in [5.74, 6) is 1.54. The van der Waals surface area contributed by atoms with Crippen LogP contribution in [0.3, 0.4) is 0 Å². The predicted octanol–water partition coefficient (Wildman–Crippen LogP) is 3.00. The summed E-state index contributed by atoms with van der Waals surface area (Å²) in [6.45, 7) is 3.28. The quantitative estimate of drug-likeness (QED) is 0.823. The van der Waals surface area contributed by atoms with Crippen LogP contribution in [0.2, 0.25) is 0 Å². The van der Waals surface area contributed by atoms with E-state index in [2.05, 4.69) is 63.8 Å². The van der Waals surface area contributed by atoms with E-state index in [1.54, 1.807) is 0 Å². The van der Waals surface area contributed by atoms with E-state index in [-0.39, 0.29) is 5.54 Å². The maximum absolute atomic E-state index is 4.32. The number of nitrogens with zero attached hydrogens (tertiary/aromatic N) is 3. The number of rotatable bonds is 4. The summed E-state index contributed by atoms with van der Waals surface area (Å²) in [6.07, 6.45) is 8.87. The highest BCUT2D eigenvalue weighted by atomic mass is 127. The lowest BCUT2D eigenvalue weighted by Crippen LogP contribution is -2.52. The summed E-state index contributed by atoms with van der Waals surface area (Å²) in [5, 5.41) is 3.42. The number of nitrogens with one attached hydrogen (secondary N) is 1. The van der Waals surface area contributed by atoms with Gasteiger partial charge in [-0.3, -0.25) is 0 Å². The third-order valence-corrected chi connectivity index (χ3v) is 4.77. The number of halogens is 1. The lowest BCUT2D eigenvalue weighted by Gasteiger charge is -2.45. The molecule has 0 amide bonds. The number of hydrogen-bond donors (Lipinski definition) is 1. The van der Waals surface area contributed by atoms with Crippen molar-refractivity contribution in [3.8, 4) is 0 Å². The highest BCUT2D eigenvalue weighted by Gasteiger charge is 2.36. The predicted molar refractivity (Wildman–Crippen MR) is 87.3 cm³/mol. The molecule has 0 aliphatic heterocycles. The molecule has 2 rings (SSSR count). The number of aromatic nitrogens is 2. The average Bonchev–Trinajstić information content (AvgIpc) is 2.38. The van der Waals surface area contributed by atoms with Gasteiger partial charge in [0, 0.05) is 28.0 Å². The van der Waals surface area contributed by atoms with Gasteiger partial charge in [-0.05, 0) is 55.4 Å². The zero-order valence-electron chi connectivity index (χ0n) is 12.0. The van der Waals surface area contributed by atoms with E-state index in [0.29, 0.717) is 0 Å². The van der Waals surface area contributed by atoms with Crippen molar-refractivity contribution in [2.45, 2.75) is 38.1 Å². The lowest BCUT2D eigenvalue weighted by atomic mass is 9.75. The minimum Gasteiger partial charge on any atom is -0.352 e. The van der Waals surface area contributed by atoms with Gasteiger partial charge >= 0.3 is 0 Å². The van der Waals surface area contributed by atoms with Crippen LogP contribution in [0, 0.1) is 9.49 Å². The Bertz CT molecular complexity index is 406. The minimum atomic E-state index is 0.240. The van der Waals surface area contributed by atoms with Crippen molar-refractivity contribution in [1.82, 2.24) is 14.9 Å². The summed E-state index contributed by atoms with van der Waals surface area (Å²) < 4.78 is 1.07. The zero-order chi connectivity index (χ0) is 13.9. The van der Waals surface area contributed by atoms with Gasteiger partial charge in [0.1, 0.15) is 0 Å². The second kappa shape index (κ2) is 6.35. The molecule has 1 N–H and O–H groups in total. The van der Waals surface area contributed by atoms with E-state index in [1.165, 1.54) is 25.7 Å². The van der Waals surface area contributed by atoms with Crippen LogP contribution >= 0.6 is 22.6 Å². The Kier molecular flexibility index (Phi) is 5.00. The summed E-state index contributed by atoms with van der Waals surface area (Å²) in [7, 11) is 4.38. The second-order valence-corrected chi connectivity index (χ2v) is 7.14. The molecular formula is C14H23IN4. The van der Waals surface area contributed by atoms with Crippen LogP contribution in [0.15, 0.2) is 12.4 Å². The summed E-state index contributed by atoms with van der Waals surface area (Å²) in [5.41, 5.74) is 0.240. The van der Waals surface area contributed by atoms with Gasteiger partial charge < -0.3 is 10.2 Å². The van der Waals surface area contributed by atoms with E-state index < -0.39 is 0 Å². The fourth-order valence-corrected chi connectivity index (χ4v) is 3.28. The topological polar surface area (TPSA) is 41.1 Å². The first-order valence-corrected chi connectivity index (χ1v) is 7.98. The molecule has 0 radical (unpaired) electrons. The van der Waals surface area contributed by atoms with Crippen LogP contribution < -0.4 is 5.32 Å². The highest BCUT2D eigenvalue weighted by molar-refractivity contribution is 14.1. The van der Waals surface area contributed by atoms with Crippen LogP contribution in [-0.4, -0.2) is 41.0 Å². The first kappa shape index (κ1) is 15.0. The van der Waals surface area contributed by atoms with Gasteiger partial charge in [0.25, 0.3) is 0 Å². The molecule has 4 nitrogen and oxygen atoms in total. The molecule has 1 aromatic rings. The molecule has 2 atom stereocenters. The van der Waals surface area contributed by atoms with Crippen molar-refractivity contribution >= 4 is 28.5 Å². The molecule has 19 heavy (non-hydrogen) atoms. The molecule has 2 unspecified atom stereocenters. The monoisotopic (exact) mass is 374 g/mol. The molecule has 1 aliphatic carbocycles. The summed E-state index contributed by atoms with van der Waals surface area (Å²) in [4.78, 5) is 11.0. The molecular weight excluding hydrogens is 351 g/mol. The van der Waals surface area contributed by atoms with Gasteiger partial charge in [0.2, 0.25) is 5.95 Å². The first-order chi connectivity index (χ1) is 9.02. The normalized spacial score (nSPS) is 27.5. The summed E-state index contributed by atoms with van der Waals surface area (Å²) >= 11 is 2.22. The minimum absolute atomic E-state index is 0.240. The van der Waals surface area contributed by atoms with E-state index in [1.807, 2.05) is 12.4 Å². The Morgan fingerprint density at radius 2 is 2.11 bits per heavy atom. The Labute approximate surface area is 129 Å².